The van der Waals surface area contributed by atoms with Crippen molar-refractivity contribution in [2.75, 3.05) is 33.9 Å². The quantitative estimate of drug-likeness (QED) is 0.401. The number of benzene rings is 2. The molecule has 0 unspecified atom stereocenters. The van der Waals surface area contributed by atoms with E-state index in [1.807, 2.05) is 13.8 Å². The van der Waals surface area contributed by atoms with Crippen LogP contribution in [0.15, 0.2) is 63.5 Å². The van der Waals surface area contributed by atoms with Gasteiger partial charge >= 0.3 is 5.97 Å². The predicted molar refractivity (Wildman–Crippen MR) is 151 cm³/mol. The molecular formula is C29H31N3O7S. The molecule has 0 spiro atoms. The molecule has 1 atom stereocenters. The Kier molecular flexibility index (Phi) is 8.73. The molecule has 2 heterocycles. The summed E-state index contributed by atoms with van der Waals surface area (Å²) in [6.45, 7) is 6.16. The largest absolute Gasteiger partial charge is 0.497 e. The Balaban J connectivity index is 1.90. The van der Waals surface area contributed by atoms with Crippen molar-refractivity contribution >= 4 is 29.3 Å². The molecule has 0 saturated heterocycles. The zero-order valence-electron chi connectivity index (χ0n) is 23.0. The zero-order valence-corrected chi connectivity index (χ0v) is 23.8. The smallest absolute Gasteiger partial charge is 0.341 e. The molecule has 210 valence electrons. The molecular weight excluding hydrogens is 534 g/mol. The summed E-state index contributed by atoms with van der Waals surface area (Å²) in [4.78, 5) is 45.4. The summed E-state index contributed by atoms with van der Waals surface area (Å²) in [5, 5.41) is 8.81. The highest BCUT2D eigenvalue weighted by Gasteiger charge is 2.36. The molecule has 1 amide bonds. The third-order valence-electron chi connectivity index (χ3n) is 6.57. The van der Waals surface area contributed by atoms with Crippen LogP contribution in [0.3, 0.4) is 0 Å². The number of fused-ring (bicyclic) bond motifs is 1. The summed E-state index contributed by atoms with van der Waals surface area (Å²) in [6, 6.07) is 11.3. The Bertz CT molecular complexity index is 1630. The molecule has 0 bridgehead atoms. The maximum absolute atomic E-state index is 14.0. The van der Waals surface area contributed by atoms with Crippen molar-refractivity contribution in [2.24, 2.45) is 4.99 Å². The number of likely N-dealkylation sites (N-methyl/N-ethyl adjacent to an activating group) is 1. The molecule has 0 fully saturated rings. The molecule has 1 aliphatic rings. The van der Waals surface area contributed by atoms with E-state index >= 15 is 0 Å². The summed E-state index contributed by atoms with van der Waals surface area (Å²) in [6.07, 6.45) is 1.73. The van der Waals surface area contributed by atoms with Gasteiger partial charge in [0.15, 0.2) is 11.4 Å². The van der Waals surface area contributed by atoms with Gasteiger partial charge in [0, 0.05) is 18.7 Å². The van der Waals surface area contributed by atoms with Gasteiger partial charge in [-0.2, -0.15) is 0 Å². The van der Waals surface area contributed by atoms with E-state index < -0.39 is 18.6 Å². The number of carboxylic acid groups (broad SMARTS) is 1. The number of allylic oxidation sites excluding steroid dienone is 1. The SMILES string of the molecule is CCN(CC)C(=O)C1=C(C)N=c2s/c(=C/c3ccc(OCC(=O)O)cc3)c(=O)n2[C@H]1c1cc(OC)ccc1OC. The maximum Gasteiger partial charge on any atom is 0.341 e. The minimum Gasteiger partial charge on any atom is -0.497 e. The number of carboxylic acids is 1. The van der Waals surface area contributed by atoms with Crippen LogP contribution in [0.2, 0.25) is 0 Å². The second kappa shape index (κ2) is 12.2. The number of carbonyl (C=O) groups excluding carboxylic acids is 1. The van der Waals surface area contributed by atoms with Crippen molar-refractivity contribution in [3.63, 3.8) is 0 Å². The Morgan fingerprint density at radius 2 is 1.75 bits per heavy atom. The molecule has 2 aromatic carbocycles. The van der Waals surface area contributed by atoms with E-state index in [0.717, 1.165) is 5.56 Å². The summed E-state index contributed by atoms with van der Waals surface area (Å²) in [5.41, 5.74) is 1.95. The van der Waals surface area contributed by atoms with Gasteiger partial charge in [0.2, 0.25) is 0 Å². The Morgan fingerprint density at radius 3 is 2.35 bits per heavy atom. The van der Waals surface area contributed by atoms with Crippen molar-refractivity contribution in [2.45, 2.75) is 26.8 Å². The Morgan fingerprint density at radius 1 is 1.07 bits per heavy atom. The van der Waals surface area contributed by atoms with Gasteiger partial charge in [-0.05, 0) is 62.7 Å². The molecule has 1 aromatic heterocycles. The van der Waals surface area contributed by atoms with Crippen LogP contribution in [-0.2, 0) is 9.59 Å². The first-order valence-corrected chi connectivity index (χ1v) is 13.5. The Labute approximate surface area is 235 Å². The molecule has 10 nitrogen and oxygen atoms in total. The minimum absolute atomic E-state index is 0.202. The van der Waals surface area contributed by atoms with Crippen LogP contribution in [-0.4, -0.2) is 60.4 Å². The fraction of sp³-hybridized carbons (Fsp3) is 0.310. The molecule has 1 N–H and O–H groups in total. The van der Waals surface area contributed by atoms with Gasteiger partial charge in [-0.15, -0.1) is 0 Å². The maximum atomic E-state index is 14.0. The van der Waals surface area contributed by atoms with Gasteiger partial charge in [0.05, 0.1) is 30.0 Å². The second-order valence-corrected chi connectivity index (χ2v) is 9.93. The lowest BCUT2D eigenvalue weighted by atomic mass is 9.93. The topological polar surface area (TPSA) is 120 Å². The number of hydrogen-bond donors (Lipinski definition) is 1. The van der Waals surface area contributed by atoms with Gasteiger partial charge in [-0.3, -0.25) is 14.2 Å². The van der Waals surface area contributed by atoms with Crippen LogP contribution >= 0.6 is 11.3 Å². The average Bonchev–Trinajstić information content (AvgIpc) is 3.25. The van der Waals surface area contributed by atoms with E-state index in [9.17, 15) is 14.4 Å². The van der Waals surface area contributed by atoms with Crippen LogP contribution < -0.4 is 29.1 Å². The average molecular weight is 566 g/mol. The van der Waals surface area contributed by atoms with Gasteiger partial charge in [0.25, 0.3) is 11.5 Å². The normalized spacial score (nSPS) is 14.8. The lowest BCUT2D eigenvalue weighted by Crippen LogP contribution is -2.43. The third-order valence-corrected chi connectivity index (χ3v) is 7.56. The molecule has 1 aliphatic heterocycles. The van der Waals surface area contributed by atoms with Gasteiger partial charge in [-0.25, -0.2) is 9.79 Å². The first-order chi connectivity index (χ1) is 19.2. The lowest BCUT2D eigenvalue weighted by Gasteiger charge is -2.30. The van der Waals surface area contributed by atoms with Gasteiger partial charge in [0.1, 0.15) is 23.3 Å². The fourth-order valence-corrected chi connectivity index (χ4v) is 5.63. The fourth-order valence-electron chi connectivity index (χ4n) is 4.58. The Hall–Kier alpha value is -4.38. The molecule has 4 rings (SSSR count). The van der Waals surface area contributed by atoms with Gasteiger partial charge < -0.3 is 24.2 Å². The predicted octanol–water partition coefficient (Wildman–Crippen LogP) is 2.58. The van der Waals surface area contributed by atoms with E-state index in [1.54, 1.807) is 79.2 Å². The number of carbonyl (C=O) groups is 2. The highest BCUT2D eigenvalue weighted by atomic mass is 32.1. The minimum atomic E-state index is -1.07. The molecule has 40 heavy (non-hydrogen) atoms. The van der Waals surface area contributed by atoms with Crippen LogP contribution in [0.1, 0.15) is 37.9 Å². The highest BCUT2D eigenvalue weighted by Crippen LogP contribution is 2.38. The standard InChI is InChI=1S/C29H31N3O7S/c1-6-31(7-2)28(36)25-17(3)30-29-32(26(25)21-15-20(37-4)12-13-22(21)38-5)27(35)23(40-29)14-18-8-10-19(11-9-18)39-16-24(33)34/h8-15,26H,6-7,16H2,1-5H3,(H,33,34)/b23-14+/t26-/m0/s1. The summed E-state index contributed by atoms with van der Waals surface area (Å²) < 4.78 is 18.3. The molecule has 11 heteroatoms. The van der Waals surface area contributed by atoms with E-state index in [2.05, 4.69) is 0 Å². The number of aromatic nitrogens is 1. The van der Waals surface area contributed by atoms with E-state index in [-0.39, 0.29) is 11.5 Å². The number of amides is 1. The first-order valence-electron chi connectivity index (χ1n) is 12.7. The molecule has 0 radical (unpaired) electrons. The van der Waals surface area contributed by atoms with Crippen molar-refractivity contribution in [3.8, 4) is 17.2 Å². The van der Waals surface area contributed by atoms with Crippen molar-refractivity contribution in [1.29, 1.82) is 0 Å². The third kappa shape index (κ3) is 5.64. The number of methoxy groups -OCH3 is 2. The summed E-state index contributed by atoms with van der Waals surface area (Å²) in [5.74, 6) is 0.208. The highest BCUT2D eigenvalue weighted by molar-refractivity contribution is 7.07. The number of nitrogens with zero attached hydrogens (tertiary/aromatic N) is 3. The van der Waals surface area contributed by atoms with E-state index in [1.165, 1.54) is 11.3 Å². The van der Waals surface area contributed by atoms with Crippen LogP contribution in [0.25, 0.3) is 6.08 Å². The molecule has 0 aliphatic carbocycles. The van der Waals surface area contributed by atoms with E-state index in [4.69, 9.17) is 24.3 Å². The van der Waals surface area contributed by atoms with Crippen molar-refractivity contribution < 1.29 is 28.9 Å². The summed E-state index contributed by atoms with van der Waals surface area (Å²) in [7, 11) is 3.10. The van der Waals surface area contributed by atoms with Crippen molar-refractivity contribution in [3.05, 3.63) is 84.5 Å². The van der Waals surface area contributed by atoms with E-state index in [0.29, 0.717) is 56.5 Å². The van der Waals surface area contributed by atoms with Crippen LogP contribution in [0, 0.1) is 0 Å². The number of thiazole rings is 1. The second-order valence-electron chi connectivity index (χ2n) is 8.92. The monoisotopic (exact) mass is 565 g/mol. The van der Waals surface area contributed by atoms with Crippen molar-refractivity contribution in [1.82, 2.24) is 9.47 Å². The van der Waals surface area contributed by atoms with Crippen LogP contribution in [0.5, 0.6) is 17.2 Å². The number of ether oxygens (including phenoxy) is 3. The molecule has 3 aromatic rings. The number of aliphatic carboxylic acids is 1. The van der Waals surface area contributed by atoms with Gasteiger partial charge in [-0.1, -0.05) is 23.5 Å². The number of hydrogen-bond acceptors (Lipinski definition) is 8. The molecule has 0 saturated carbocycles. The number of rotatable bonds is 10. The summed E-state index contributed by atoms with van der Waals surface area (Å²) >= 11 is 1.22. The lowest BCUT2D eigenvalue weighted by molar-refractivity contribution is -0.139. The zero-order chi connectivity index (χ0) is 29.0. The van der Waals surface area contributed by atoms with Crippen LogP contribution in [0.4, 0.5) is 0 Å². The first kappa shape index (κ1) is 28.6.